The molecule has 1 N–H and O–H groups in total. The van der Waals surface area contributed by atoms with Gasteiger partial charge in [-0.3, -0.25) is 0 Å². The van der Waals surface area contributed by atoms with Gasteiger partial charge in [0.05, 0.1) is 10.5 Å². The molecule has 0 spiro atoms. The highest BCUT2D eigenvalue weighted by molar-refractivity contribution is 7.89. The van der Waals surface area contributed by atoms with Crippen LogP contribution in [0.2, 0.25) is 0 Å². The van der Waals surface area contributed by atoms with Crippen molar-refractivity contribution in [2.24, 2.45) is 7.05 Å². The molecule has 3 rings (SSSR count). The van der Waals surface area contributed by atoms with Crippen molar-refractivity contribution >= 4 is 10.0 Å². The average molecular weight is 413 g/mol. The zero-order chi connectivity index (χ0) is 20.5. The van der Waals surface area contributed by atoms with Crippen LogP contribution in [-0.2, 0) is 23.2 Å². The molecule has 0 fully saturated rings. The van der Waals surface area contributed by atoms with Crippen LogP contribution in [0.15, 0.2) is 65.8 Å². The minimum atomic E-state index is -4.68. The fraction of sp³-hybridized carbons (Fsp3) is 0.167. The Labute approximate surface area is 158 Å². The molecular weight excluding hydrogens is 398 g/mol. The van der Waals surface area contributed by atoms with Crippen LogP contribution in [0.25, 0.3) is 0 Å². The van der Waals surface area contributed by atoms with Gasteiger partial charge in [0.2, 0.25) is 10.0 Å². The Morgan fingerprint density at radius 1 is 1.11 bits per heavy atom. The fourth-order valence-electron chi connectivity index (χ4n) is 2.64. The molecule has 0 aliphatic carbocycles. The summed E-state index contributed by atoms with van der Waals surface area (Å²) < 4.78 is 81.5. The number of rotatable bonds is 5. The molecular formula is C18H15F4N3O2S. The minimum absolute atomic E-state index is 0.294. The first-order valence-electron chi connectivity index (χ1n) is 8.00. The van der Waals surface area contributed by atoms with Gasteiger partial charge in [0, 0.05) is 19.4 Å². The first-order valence-corrected chi connectivity index (χ1v) is 9.48. The van der Waals surface area contributed by atoms with E-state index < -0.39 is 38.5 Å². The molecule has 0 aliphatic heterocycles. The van der Waals surface area contributed by atoms with E-state index in [1.54, 1.807) is 17.8 Å². The maximum atomic E-state index is 13.3. The van der Waals surface area contributed by atoms with Crippen molar-refractivity contribution in [2.75, 3.05) is 0 Å². The van der Waals surface area contributed by atoms with Crippen LogP contribution in [0.3, 0.4) is 0 Å². The molecule has 10 heteroatoms. The van der Waals surface area contributed by atoms with E-state index >= 15 is 0 Å². The Balaban J connectivity index is 2.03. The van der Waals surface area contributed by atoms with Crippen molar-refractivity contribution in [3.8, 4) is 0 Å². The topological polar surface area (TPSA) is 64.0 Å². The van der Waals surface area contributed by atoms with Crippen LogP contribution in [0.1, 0.15) is 23.0 Å². The van der Waals surface area contributed by atoms with E-state index in [1.165, 1.54) is 18.3 Å². The van der Waals surface area contributed by atoms with Crippen molar-refractivity contribution in [3.05, 3.63) is 83.7 Å². The predicted octanol–water partition coefficient (Wildman–Crippen LogP) is 3.65. The largest absolute Gasteiger partial charge is 0.416 e. The van der Waals surface area contributed by atoms with Crippen LogP contribution in [-0.4, -0.2) is 18.0 Å². The van der Waals surface area contributed by atoms with Gasteiger partial charge < -0.3 is 4.57 Å². The lowest BCUT2D eigenvalue weighted by Gasteiger charge is -2.19. The highest BCUT2D eigenvalue weighted by atomic mass is 32.2. The first kappa shape index (κ1) is 20.0. The van der Waals surface area contributed by atoms with E-state index in [9.17, 15) is 26.0 Å². The van der Waals surface area contributed by atoms with Crippen LogP contribution in [0, 0.1) is 5.82 Å². The molecule has 0 bridgehead atoms. The SMILES string of the molecule is Cn1ccnc1C(NS(=O)(=O)c1cccc(C(F)(F)F)c1)c1ccc(F)cc1. The Hall–Kier alpha value is -2.72. The average Bonchev–Trinajstić information content (AvgIpc) is 3.06. The molecule has 0 saturated carbocycles. The lowest BCUT2D eigenvalue weighted by atomic mass is 10.1. The normalized spacial score (nSPS) is 13.5. The highest BCUT2D eigenvalue weighted by Crippen LogP contribution is 2.31. The monoisotopic (exact) mass is 413 g/mol. The van der Waals surface area contributed by atoms with Crippen molar-refractivity contribution < 1.29 is 26.0 Å². The molecule has 2 aromatic carbocycles. The molecule has 0 saturated heterocycles. The second kappa shape index (κ2) is 7.36. The van der Waals surface area contributed by atoms with Crippen molar-refractivity contribution in [1.29, 1.82) is 0 Å². The number of hydrogen-bond donors (Lipinski definition) is 1. The van der Waals surface area contributed by atoms with E-state index in [0.29, 0.717) is 17.5 Å². The zero-order valence-corrected chi connectivity index (χ0v) is 15.3. The fourth-order valence-corrected chi connectivity index (χ4v) is 3.87. The molecule has 1 heterocycles. The molecule has 0 amide bonds. The lowest BCUT2D eigenvalue weighted by molar-refractivity contribution is -0.137. The van der Waals surface area contributed by atoms with Gasteiger partial charge in [-0.15, -0.1) is 0 Å². The number of benzene rings is 2. The number of aromatic nitrogens is 2. The third-order valence-corrected chi connectivity index (χ3v) is 5.49. The first-order chi connectivity index (χ1) is 13.1. The van der Waals surface area contributed by atoms with Gasteiger partial charge in [-0.2, -0.15) is 17.9 Å². The zero-order valence-electron chi connectivity index (χ0n) is 14.5. The van der Waals surface area contributed by atoms with E-state index in [2.05, 4.69) is 9.71 Å². The summed E-state index contributed by atoms with van der Waals surface area (Å²) in [5.74, 6) is -0.217. The molecule has 1 unspecified atom stereocenters. The van der Waals surface area contributed by atoms with Crippen molar-refractivity contribution in [1.82, 2.24) is 14.3 Å². The molecule has 3 aromatic rings. The smallest absolute Gasteiger partial charge is 0.336 e. The van der Waals surface area contributed by atoms with E-state index in [-0.39, 0.29) is 0 Å². The number of halogens is 4. The molecule has 1 atom stereocenters. The Morgan fingerprint density at radius 2 is 1.79 bits per heavy atom. The number of alkyl halides is 3. The summed E-state index contributed by atoms with van der Waals surface area (Å²) >= 11 is 0. The number of nitrogens with one attached hydrogen (secondary N) is 1. The highest BCUT2D eigenvalue weighted by Gasteiger charge is 2.32. The van der Waals surface area contributed by atoms with Crippen LogP contribution in [0.5, 0.6) is 0 Å². The Bertz CT molecular complexity index is 1080. The number of imidazole rings is 1. The van der Waals surface area contributed by atoms with E-state index in [1.807, 2.05) is 0 Å². The second-order valence-corrected chi connectivity index (χ2v) is 7.74. The molecule has 1 aromatic heterocycles. The van der Waals surface area contributed by atoms with Crippen molar-refractivity contribution in [2.45, 2.75) is 17.1 Å². The predicted molar refractivity (Wildman–Crippen MR) is 93.2 cm³/mol. The molecule has 0 aliphatic rings. The van der Waals surface area contributed by atoms with Crippen LogP contribution in [0.4, 0.5) is 17.6 Å². The minimum Gasteiger partial charge on any atom is -0.336 e. The lowest BCUT2D eigenvalue weighted by Crippen LogP contribution is -2.31. The van der Waals surface area contributed by atoms with Crippen LogP contribution >= 0.6 is 0 Å². The van der Waals surface area contributed by atoms with Gasteiger partial charge in [-0.05, 0) is 35.9 Å². The van der Waals surface area contributed by atoms with Gasteiger partial charge in [-0.1, -0.05) is 18.2 Å². The van der Waals surface area contributed by atoms with E-state index in [0.717, 1.165) is 30.3 Å². The van der Waals surface area contributed by atoms with Crippen molar-refractivity contribution in [3.63, 3.8) is 0 Å². The van der Waals surface area contributed by atoms with Crippen LogP contribution < -0.4 is 4.72 Å². The molecule has 148 valence electrons. The number of sulfonamides is 1. The van der Waals surface area contributed by atoms with Gasteiger partial charge in [-0.25, -0.2) is 17.8 Å². The number of aryl methyl sites for hydroxylation is 1. The van der Waals surface area contributed by atoms with E-state index in [4.69, 9.17) is 0 Å². The van der Waals surface area contributed by atoms with Gasteiger partial charge >= 0.3 is 6.18 Å². The summed E-state index contributed by atoms with van der Waals surface area (Å²) in [5, 5.41) is 0. The second-order valence-electron chi connectivity index (χ2n) is 6.03. The molecule has 5 nitrogen and oxygen atoms in total. The van der Waals surface area contributed by atoms with Gasteiger partial charge in [0.25, 0.3) is 0 Å². The summed E-state index contributed by atoms with van der Waals surface area (Å²) in [4.78, 5) is 3.57. The Kier molecular flexibility index (Phi) is 5.26. The standard InChI is InChI=1S/C18H15F4N3O2S/c1-25-10-9-23-17(25)16(12-5-7-14(19)8-6-12)24-28(26,27)15-4-2-3-13(11-15)18(20,21)22/h2-11,16,24H,1H3. The molecule has 28 heavy (non-hydrogen) atoms. The summed E-state index contributed by atoms with van der Waals surface area (Å²) in [6.07, 6.45) is -1.64. The summed E-state index contributed by atoms with van der Waals surface area (Å²) in [6, 6.07) is 7.47. The summed E-state index contributed by atoms with van der Waals surface area (Å²) in [6.45, 7) is 0. The third-order valence-electron chi connectivity index (χ3n) is 4.06. The molecule has 0 radical (unpaired) electrons. The van der Waals surface area contributed by atoms with Gasteiger partial charge in [0.15, 0.2) is 0 Å². The number of nitrogens with zero attached hydrogens (tertiary/aromatic N) is 2. The maximum Gasteiger partial charge on any atom is 0.416 e. The number of hydrogen-bond acceptors (Lipinski definition) is 3. The van der Waals surface area contributed by atoms with Gasteiger partial charge in [0.1, 0.15) is 17.7 Å². The Morgan fingerprint density at radius 3 is 2.36 bits per heavy atom. The summed E-state index contributed by atoms with van der Waals surface area (Å²) in [7, 11) is -2.70. The quantitative estimate of drug-likeness (QED) is 0.650. The third kappa shape index (κ3) is 4.23. The maximum absolute atomic E-state index is 13.3. The summed E-state index contributed by atoms with van der Waals surface area (Å²) in [5.41, 5.74) is -0.697.